The van der Waals surface area contributed by atoms with Crippen LogP contribution in [0, 0.1) is 0 Å². The molecule has 0 spiro atoms. The van der Waals surface area contributed by atoms with E-state index < -0.39 is 5.97 Å². The first kappa shape index (κ1) is 13.9. The highest BCUT2D eigenvalue weighted by Gasteiger charge is 2.19. The van der Waals surface area contributed by atoms with Gasteiger partial charge in [-0.3, -0.25) is 0 Å². The molecule has 0 saturated carbocycles. The molecule has 0 unspecified atom stereocenters. The summed E-state index contributed by atoms with van der Waals surface area (Å²) in [6, 6.07) is 14.4. The quantitative estimate of drug-likeness (QED) is 0.847. The van der Waals surface area contributed by atoms with Gasteiger partial charge in [-0.25, -0.2) is 4.79 Å². The number of para-hydroxylation sites is 1. The third-order valence-electron chi connectivity index (χ3n) is 3.59. The zero-order valence-corrected chi connectivity index (χ0v) is 12.9. The van der Waals surface area contributed by atoms with Crippen LogP contribution in [0.5, 0.6) is 0 Å². The van der Waals surface area contributed by atoms with Gasteiger partial charge in [0.25, 0.3) is 0 Å². The summed E-state index contributed by atoms with van der Waals surface area (Å²) in [5.74, 6) is -0.945. The smallest absolute Gasteiger partial charge is 0.328 e. The standard InChI is InChI=1S/C17H14BrNO2/c18-15-11-14(7-5-12(15)6-8-17(20)21)19-10-9-13-3-1-2-4-16(13)19/h1-8,11H,9-10H2,(H,20,21)/b8-6+. The Kier molecular flexibility index (Phi) is 3.80. The number of nitrogens with zero attached hydrogens (tertiary/aromatic N) is 1. The van der Waals surface area contributed by atoms with E-state index in [0.29, 0.717) is 0 Å². The van der Waals surface area contributed by atoms with Gasteiger partial charge in [0.15, 0.2) is 0 Å². The fourth-order valence-corrected chi connectivity index (χ4v) is 3.09. The number of anilines is 2. The number of rotatable bonds is 3. The van der Waals surface area contributed by atoms with E-state index in [0.717, 1.165) is 34.8 Å². The summed E-state index contributed by atoms with van der Waals surface area (Å²) in [7, 11) is 0. The molecule has 21 heavy (non-hydrogen) atoms. The van der Waals surface area contributed by atoms with Crippen LogP contribution in [0.1, 0.15) is 11.1 Å². The van der Waals surface area contributed by atoms with Crippen LogP contribution >= 0.6 is 15.9 Å². The highest BCUT2D eigenvalue weighted by atomic mass is 79.9. The molecule has 0 saturated heterocycles. The average Bonchev–Trinajstić information content (AvgIpc) is 2.89. The van der Waals surface area contributed by atoms with Crippen LogP contribution in [0.25, 0.3) is 6.08 Å². The summed E-state index contributed by atoms with van der Waals surface area (Å²) in [5, 5.41) is 8.69. The second-order valence-electron chi connectivity index (χ2n) is 4.91. The fraction of sp³-hybridized carbons (Fsp3) is 0.118. The summed E-state index contributed by atoms with van der Waals surface area (Å²) in [5.41, 5.74) is 4.58. The molecule has 3 rings (SSSR count). The van der Waals surface area contributed by atoms with Crippen molar-refractivity contribution in [3.63, 3.8) is 0 Å². The Morgan fingerprint density at radius 1 is 1.24 bits per heavy atom. The van der Waals surface area contributed by atoms with Crippen molar-refractivity contribution in [1.82, 2.24) is 0 Å². The maximum absolute atomic E-state index is 10.6. The first-order valence-electron chi connectivity index (χ1n) is 6.71. The van der Waals surface area contributed by atoms with Crippen LogP contribution < -0.4 is 4.90 Å². The molecule has 0 aromatic heterocycles. The average molecular weight is 344 g/mol. The number of hydrogen-bond acceptors (Lipinski definition) is 2. The van der Waals surface area contributed by atoms with Crippen LogP contribution in [-0.2, 0) is 11.2 Å². The molecule has 0 bridgehead atoms. The van der Waals surface area contributed by atoms with Gasteiger partial charge in [0, 0.05) is 28.5 Å². The third-order valence-corrected chi connectivity index (χ3v) is 4.28. The molecule has 1 aliphatic heterocycles. The number of fused-ring (bicyclic) bond motifs is 1. The van der Waals surface area contributed by atoms with Gasteiger partial charge in [-0.2, -0.15) is 0 Å². The molecule has 2 aromatic rings. The van der Waals surface area contributed by atoms with Gasteiger partial charge in [0.05, 0.1) is 0 Å². The maximum atomic E-state index is 10.6. The number of halogens is 1. The van der Waals surface area contributed by atoms with Crippen molar-refractivity contribution in [1.29, 1.82) is 0 Å². The molecule has 106 valence electrons. The van der Waals surface area contributed by atoms with Crippen molar-refractivity contribution in [2.75, 3.05) is 11.4 Å². The molecular weight excluding hydrogens is 330 g/mol. The Balaban J connectivity index is 1.92. The van der Waals surface area contributed by atoms with E-state index in [9.17, 15) is 4.79 Å². The van der Waals surface area contributed by atoms with Gasteiger partial charge < -0.3 is 10.0 Å². The van der Waals surface area contributed by atoms with Gasteiger partial charge in [-0.1, -0.05) is 40.2 Å². The predicted octanol–water partition coefficient (Wildman–Crippen LogP) is 4.24. The monoisotopic (exact) mass is 343 g/mol. The van der Waals surface area contributed by atoms with Crippen molar-refractivity contribution in [2.45, 2.75) is 6.42 Å². The molecule has 0 atom stereocenters. The molecular formula is C17H14BrNO2. The minimum Gasteiger partial charge on any atom is -0.478 e. The van der Waals surface area contributed by atoms with Gasteiger partial charge in [0.1, 0.15) is 0 Å². The lowest BCUT2D eigenvalue weighted by Gasteiger charge is -2.20. The molecule has 4 heteroatoms. The molecule has 1 aliphatic rings. The van der Waals surface area contributed by atoms with Crippen molar-refractivity contribution in [3.8, 4) is 0 Å². The number of carboxylic acid groups (broad SMARTS) is 1. The first-order chi connectivity index (χ1) is 10.1. The normalized spacial score (nSPS) is 13.7. The molecule has 3 nitrogen and oxygen atoms in total. The maximum Gasteiger partial charge on any atom is 0.328 e. The summed E-state index contributed by atoms with van der Waals surface area (Å²) < 4.78 is 0.891. The molecule has 1 N–H and O–H groups in total. The van der Waals surface area contributed by atoms with E-state index in [-0.39, 0.29) is 0 Å². The first-order valence-corrected chi connectivity index (χ1v) is 7.50. The topological polar surface area (TPSA) is 40.5 Å². The second kappa shape index (κ2) is 5.74. The predicted molar refractivity (Wildman–Crippen MR) is 88.0 cm³/mol. The van der Waals surface area contributed by atoms with Gasteiger partial charge >= 0.3 is 5.97 Å². The van der Waals surface area contributed by atoms with Gasteiger partial charge in [-0.15, -0.1) is 0 Å². The molecule has 0 radical (unpaired) electrons. The van der Waals surface area contributed by atoms with Crippen LogP contribution in [0.15, 0.2) is 53.0 Å². The van der Waals surface area contributed by atoms with Crippen molar-refractivity contribution in [3.05, 3.63) is 64.1 Å². The molecule has 2 aromatic carbocycles. The Hall–Kier alpha value is -2.07. The van der Waals surface area contributed by atoms with Gasteiger partial charge in [-0.05, 0) is 41.8 Å². The number of carboxylic acids is 1. The van der Waals surface area contributed by atoms with E-state index in [2.05, 4.69) is 45.1 Å². The molecule has 1 heterocycles. The Morgan fingerprint density at radius 2 is 2.05 bits per heavy atom. The van der Waals surface area contributed by atoms with E-state index in [1.807, 2.05) is 18.2 Å². The summed E-state index contributed by atoms with van der Waals surface area (Å²) >= 11 is 3.51. The van der Waals surface area contributed by atoms with E-state index >= 15 is 0 Å². The number of benzene rings is 2. The van der Waals surface area contributed by atoms with Crippen LogP contribution in [-0.4, -0.2) is 17.6 Å². The lowest BCUT2D eigenvalue weighted by atomic mass is 10.1. The zero-order chi connectivity index (χ0) is 14.8. The summed E-state index contributed by atoms with van der Waals surface area (Å²) in [6.45, 7) is 0.968. The van der Waals surface area contributed by atoms with E-state index in [1.54, 1.807) is 6.08 Å². The minimum atomic E-state index is -0.945. The SMILES string of the molecule is O=C(O)/C=C/c1ccc(N2CCc3ccccc32)cc1Br. The summed E-state index contributed by atoms with van der Waals surface area (Å²) in [4.78, 5) is 12.9. The van der Waals surface area contributed by atoms with Crippen molar-refractivity contribution in [2.24, 2.45) is 0 Å². The Bertz CT molecular complexity index is 724. The van der Waals surface area contributed by atoms with E-state index in [1.165, 1.54) is 11.3 Å². The molecule has 0 aliphatic carbocycles. The number of aliphatic carboxylic acids is 1. The molecule has 0 fully saturated rings. The number of carbonyl (C=O) groups is 1. The van der Waals surface area contributed by atoms with Crippen LogP contribution in [0.3, 0.4) is 0 Å². The van der Waals surface area contributed by atoms with Crippen molar-refractivity contribution < 1.29 is 9.90 Å². The lowest BCUT2D eigenvalue weighted by molar-refractivity contribution is -0.131. The van der Waals surface area contributed by atoms with Crippen molar-refractivity contribution >= 4 is 39.4 Å². The van der Waals surface area contributed by atoms with Gasteiger partial charge in [0.2, 0.25) is 0 Å². The highest BCUT2D eigenvalue weighted by molar-refractivity contribution is 9.10. The Labute approximate surface area is 131 Å². The second-order valence-corrected chi connectivity index (χ2v) is 5.76. The largest absolute Gasteiger partial charge is 0.478 e. The fourth-order valence-electron chi connectivity index (χ4n) is 2.59. The zero-order valence-electron chi connectivity index (χ0n) is 11.3. The number of hydrogen-bond donors (Lipinski definition) is 1. The van der Waals surface area contributed by atoms with E-state index in [4.69, 9.17) is 5.11 Å². The third kappa shape index (κ3) is 2.85. The molecule has 0 amide bonds. The lowest BCUT2D eigenvalue weighted by Crippen LogP contribution is -2.13. The van der Waals surface area contributed by atoms with Crippen LogP contribution in [0.2, 0.25) is 0 Å². The Morgan fingerprint density at radius 3 is 2.81 bits per heavy atom. The highest BCUT2D eigenvalue weighted by Crippen LogP contribution is 2.36. The summed E-state index contributed by atoms with van der Waals surface area (Å²) in [6.07, 6.45) is 3.79. The van der Waals surface area contributed by atoms with Crippen LogP contribution in [0.4, 0.5) is 11.4 Å². The minimum absolute atomic E-state index is 0.855.